The number of rotatable bonds is 3. The molecule has 1 aliphatic rings. The Balaban J connectivity index is 2.10. The summed E-state index contributed by atoms with van der Waals surface area (Å²) in [5.41, 5.74) is 1.34. The van der Waals surface area contributed by atoms with Gasteiger partial charge in [-0.25, -0.2) is 0 Å². The molecule has 1 fully saturated rings. The number of hydrogen-bond donors (Lipinski definition) is 0. The van der Waals surface area contributed by atoms with Crippen LogP contribution in [0, 0.1) is 0 Å². The summed E-state index contributed by atoms with van der Waals surface area (Å²) in [6, 6.07) is 3.55. The molecule has 0 bridgehead atoms. The number of amides is 1. The number of Topliss-reactive ketones (excluding diaryl/α,β-unsaturated/α-hetero) is 1. The van der Waals surface area contributed by atoms with Crippen molar-refractivity contribution in [3.8, 4) is 0 Å². The molecule has 0 radical (unpaired) electrons. The molecule has 118 valence electrons. The largest absolute Gasteiger partial charge is 0.455 e. The van der Waals surface area contributed by atoms with E-state index in [4.69, 9.17) is 4.74 Å². The maximum absolute atomic E-state index is 11.8. The van der Waals surface area contributed by atoms with E-state index in [-0.39, 0.29) is 17.6 Å². The van der Waals surface area contributed by atoms with Gasteiger partial charge < -0.3 is 9.64 Å². The highest BCUT2D eigenvalue weighted by Crippen LogP contribution is 2.32. The van der Waals surface area contributed by atoms with Crippen molar-refractivity contribution in [3.05, 3.63) is 29.6 Å². The molecule has 1 aliphatic carbocycles. The summed E-state index contributed by atoms with van der Waals surface area (Å²) < 4.78 is 5.08. The van der Waals surface area contributed by atoms with E-state index in [1.54, 1.807) is 26.4 Å². The van der Waals surface area contributed by atoms with Gasteiger partial charge in [0.25, 0.3) is 5.91 Å². The van der Waals surface area contributed by atoms with Crippen LogP contribution in [0.4, 0.5) is 0 Å². The number of ether oxygens (including phenoxy) is 1. The van der Waals surface area contributed by atoms with Crippen LogP contribution in [-0.4, -0.2) is 47.7 Å². The first-order valence-corrected chi connectivity index (χ1v) is 7.26. The number of pyridine rings is 1. The summed E-state index contributed by atoms with van der Waals surface area (Å²) in [5, 5.41) is 0. The first-order chi connectivity index (χ1) is 10.4. The highest BCUT2D eigenvalue weighted by molar-refractivity contribution is 5.91. The van der Waals surface area contributed by atoms with Crippen molar-refractivity contribution in [1.82, 2.24) is 9.88 Å². The van der Waals surface area contributed by atoms with Gasteiger partial charge in [-0.05, 0) is 30.4 Å². The highest BCUT2D eigenvalue weighted by Gasteiger charge is 2.31. The molecule has 2 rings (SSSR count). The zero-order chi connectivity index (χ0) is 16.3. The zero-order valence-electron chi connectivity index (χ0n) is 13.0. The highest BCUT2D eigenvalue weighted by atomic mass is 16.5. The third-order valence-corrected chi connectivity index (χ3v) is 3.79. The fraction of sp³-hybridized carbons (Fsp3) is 0.500. The van der Waals surface area contributed by atoms with Gasteiger partial charge in [0, 0.05) is 33.6 Å². The Bertz CT molecular complexity index is 580. The van der Waals surface area contributed by atoms with Crippen molar-refractivity contribution in [3.63, 3.8) is 0 Å². The summed E-state index contributed by atoms with van der Waals surface area (Å²) in [4.78, 5) is 40.3. The number of esters is 1. The Morgan fingerprint density at radius 2 is 2.05 bits per heavy atom. The monoisotopic (exact) mass is 304 g/mol. The molecular formula is C16H20N2O4. The fourth-order valence-corrected chi connectivity index (χ4v) is 2.60. The van der Waals surface area contributed by atoms with Gasteiger partial charge in [0.1, 0.15) is 5.69 Å². The lowest BCUT2D eigenvalue weighted by molar-refractivity contribution is -0.155. The van der Waals surface area contributed by atoms with Crippen LogP contribution in [0.15, 0.2) is 18.3 Å². The van der Waals surface area contributed by atoms with Crippen LogP contribution < -0.4 is 0 Å². The van der Waals surface area contributed by atoms with Gasteiger partial charge >= 0.3 is 5.97 Å². The van der Waals surface area contributed by atoms with Crippen LogP contribution >= 0.6 is 0 Å². The van der Waals surface area contributed by atoms with Crippen LogP contribution in [0.5, 0.6) is 0 Å². The number of nitrogens with zero attached hydrogens (tertiary/aromatic N) is 2. The summed E-state index contributed by atoms with van der Waals surface area (Å²) >= 11 is 0. The Kier molecular flexibility index (Phi) is 4.90. The molecule has 1 amide bonds. The average molecular weight is 304 g/mol. The molecule has 22 heavy (non-hydrogen) atoms. The Morgan fingerprint density at radius 3 is 2.59 bits per heavy atom. The van der Waals surface area contributed by atoms with E-state index in [1.807, 2.05) is 6.07 Å². The van der Waals surface area contributed by atoms with Crippen molar-refractivity contribution >= 4 is 17.7 Å². The second-order valence-corrected chi connectivity index (χ2v) is 5.71. The third-order valence-electron chi connectivity index (χ3n) is 3.79. The summed E-state index contributed by atoms with van der Waals surface area (Å²) in [7, 11) is 3.35. The molecule has 0 N–H and O–H groups in total. The van der Waals surface area contributed by atoms with Crippen molar-refractivity contribution in [2.45, 2.75) is 38.2 Å². The molecule has 1 heterocycles. The molecule has 0 spiro atoms. The summed E-state index contributed by atoms with van der Waals surface area (Å²) in [5.74, 6) is -0.510. The number of ketones is 1. The topological polar surface area (TPSA) is 76.6 Å². The van der Waals surface area contributed by atoms with Crippen LogP contribution in [-0.2, 0) is 14.3 Å². The van der Waals surface area contributed by atoms with Gasteiger partial charge in [0.05, 0.1) is 0 Å². The molecule has 6 nitrogen and oxygen atoms in total. The number of aromatic nitrogens is 1. The summed E-state index contributed by atoms with van der Waals surface area (Å²) in [6.45, 7) is 1.31. The molecule has 0 aromatic carbocycles. The number of carbonyl (C=O) groups excluding carboxylic acids is 3. The second kappa shape index (κ2) is 6.68. The van der Waals surface area contributed by atoms with Gasteiger partial charge in [-0.15, -0.1) is 0 Å². The molecule has 6 heteroatoms. The van der Waals surface area contributed by atoms with E-state index in [1.165, 1.54) is 11.8 Å². The molecule has 0 aliphatic heterocycles. The minimum atomic E-state index is -0.667. The smallest absolute Gasteiger partial charge is 0.303 e. The minimum absolute atomic E-state index is 0.0289. The van der Waals surface area contributed by atoms with Crippen LogP contribution in [0.1, 0.15) is 48.2 Å². The van der Waals surface area contributed by atoms with Crippen molar-refractivity contribution in [2.24, 2.45) is 0 Å². The summed E-state index contributed by atoms with van der Waals surface area (Å²) in [6.07, 6.45) is 2.57. The van der Waals surface area contributed by atoms with Crippen molar-refractivity contribution in [2.75, 3.05) is 14.1 Å². The molecule has 1 saturated carbocycles. The maximum atomic E-state index is 11.8. The van der Waals surface area contributed by atoms with Crippen LogP contribution in [0.3, 0.4) is 0 Å². The average Bonchev–Trinajstić information content (AvgIpc) is 2.48. The lowest BCUT2D eigenvalue weighted by Crippen LogP contribution is -2.32. The molecule has 1 aromatic rings. The van der Waals surface area contributed by atoms with E-state index in [0.29, 0.717) is 25.0 Å². The fourth-order valence-electron chi connectivity index (χ4n) is 2.60. The number of carbonyl (C=O) groups is 3. The Labute approximate surface area is 129 Å². The lowest BCUT2D eigenvalue weighted by Gasteiger charge is -2.27. The standard InChI is InChI=1S/C16H20N2O4/c1-10(19)22-15-8-11(5-7-14(15)20)12-4-6-13(17-9-12)16(21)18(2)3/h4,6,9,11,15H,5,7-8H2,1-3H3. The number of hydrogen-bond acceptors (Lipinski definition) is 5. The first-order valence-electron chi connectivity index (χ1n) is 7.26. The van der Waals surface area contributed by atoms with Crippen molar-refractivity contribution < 1.29 is 19.1 Å². The maximum Gasteiger partial charge on any atom is 0.303 e. The zero-order valence-corrected chi connectivity index (χ0v) is 13.0. The predicted molar refractivity (Wildman–Crippen MR) is 79.4 cm³/mol. The van der Waals surface area contributed by atoms with Gasteiger partial charge in [-0.3, -0.25) is 19.4 Å². The van der Waals surface area contributed by atoms with E-state index < -0.39 is 12.1 Å². The van der Waals surface area contributed by atoms with Gasteiger partial charge in [-0.1, -0.05) is 6.07 Å². The second-order valence-electron chi connectivity index (χ2n) is 5.71. The molecular weight excluding hydrogens is 284 g/mol. The van der Waals surface area contributed by atoms with Gasteiger partial charge in [0.15, 0.2) is 11.9 Å². The normalized spacial score (nSPS) is 21.3. The molecule has 1 aromatic heterocycles. The Morgan fingerprint density at radius 1 is 1.32 bits per heavy atom. The van der Waals surface area contributed by atoms with E-state index in [0.717, 1.165) is 5.56 Å². The van der Waals surface area contributed by atoms with Crippen LogP contribution in [0.2, 0.25) is 0 Å². The lowest BCUT2D eigenvalue weighted by atomic mass is 9.82. The van der Waals surface area contributed by atoms with Crippen molar-refractivity contribution in [1.29, 1.82) is 0 Å². The SMILES string of the molecule is CC(=O)OC1CC(c2ccc(C(=O)N(C)C)nc2)CCC1=O. The van der Waals surface area contributed by atoms with E-state index >= 15 is 0 Å². The van der Waals surface area contributed by atoms with E-state index in [2.05, 4.69) is 4.98 Å². The van der Waals surface area contributed by atoms with Gasteiger partial charge in [-0.2, -0.15) is 0 Å². The van der Waals surface area contributed by atoms with E-state index in [9.17, 15) is 14.4 Å². The third kappa shape index (κ3) is 3.69. The van der Waals surface area contributed by atoms with Gasteiger partial charge in [0.2, 0.25) is 0 Å². The first kappa shape index (κ1) is 16.1. The Hall–Kier alpha value is -2.24. The quantitative estimate of drug-likeness (QED) is 0.792. The molecule has 2 atom stereocenters. The van der Waals surface area contributed by atoms with Crippen LogP contribution in [0.25, 0.3) is 0 Å². The molecule has 0 saturated heterocycles. The molecule has 2 unspecified atom stereocenters. The predicted octanol–water partition coefficient (Wildman–Crippen LogP) is 1.55. The minimum Gasteiger partial charge on any atom is -0.455 e.